The quantitative estimate of drug-likeness (QED) is 0.844. The summed E-state index contributed by atoms with van der Waals surface area (Å²) in [7, 11) is 0. The van der Waals surface area contributed by atoms with E-state index in [0.717, 1.165) is 18.5 Å². The summed E-state index contributed by atoms with van der Waals surface area (Å²) >= 11 is 0. The van der Waals surface area contributed by atoms with Crippen molar-refractivity contribution >= 4 is 11.4 Å². The Morgan fingerprint density at radius 2 is 1.71 bits per heavy atom. The molecule has 1 aromatic carbocycles. The first-order valence-electron chi connectivity index (χ1n) is 8.72. The molecular weight excluding hydrogens is 294 g/mol. The number of hydrogen-bond donors (Lipinski definition) is 1. The van der Waals surface area contributed by atoms with Gasteiger partial charge in [0.25, 0.3) is 0 Å². The van der Waals surface area contributed by atoms with Crippen molar-refractivity contribution in [3.8, 4) is 0 Å². The Morgan fingerprint density at radius 3 is 2.46 bits per heavy atom. The molecule has 1 aromatic rings. The molecule has 0 spiro atoms. The molecule has 1 heterocycles. The van der Waals surface area contributed by atoms with Crippen molar-refractivity contribution in [1.29, 1.82) is 0 Å². The highest BCUT2D eigenvalue weighted by Gasteiger charge is 2.35. The molecule has 0 saturated carbocycles. The lowest BCUT2D eigenvalue weighted by molar-refractivity contribution is 0.0200. The van der Waals surface area contributed by atoms with Gasteiger partial charge in [0.1, 0.15) is 0 Å². The molecular formula is C22H23NO. The van der Waals surface area contributed by atoms with Crippen molar-refractivity contribution in [3.05, 3.63) is 78.4 Å². The van der Waals surface area contributed by atoms with Gasteiger partial charge in [-0.2, -0.15) is 0 Å². The monoisotopic (exact) mass is 317 g/mol. The summed E-state index contributed by atoms with van der Waals surface area (Å²) in [6.07, 6.45) is 18.5. The fourth-order valence-electron chi connectivity index (χ4n) is 4.03. The van der Waals surface area contributed by atoms with E-state index in [1.54, 1.807) is 0 Å². The van der Waals surface area contributed by atoms with Gasteiger partial charge in [0, 0.05) is 17.5 Å². The van der Waals surface area contributed by atoms with Crippen LogP contribution in [0, 0.1) is 11.8 Å². The lowest BCUT2D eigenvalue weighted by Gasteiger charge is -2.35. The van der Waals surface area contributed by atoms with Crippen molar-refractivity contribution in [2.45, 2.75) is 31.3 Å². The number of fused-ring (bicyclic) bond motifs is 1. The van der Waals surface area contributed by atoms with Gasteiger partial charge in [0.15, 0.2) is 0 Å². The largest absolute Gasteiger partial charge is 0.389 e. The van der Waals surface area contributed by atoms with Crippen molar-refractivity contribution in [1.82, 2.24) is 0 Å². The number of allylic oxidation sites excluding steroid dienone is 6. The van der Waals surface area contributed by atoms with Crippen molar-refractivity contribution in [2.75, 3.05) is 0 Å². The Kier molecular flexibility index (Phi) is 3.85. The second-order valence-corrected chi connectivity index (χ2v) is 7.22. The van der Waals surface area contributed by atoms with Gasteiger partial charge >= 0.3 is 0 Å². The van der Waals surface area contributed by atoms with Crippen LogP contribution in [0.5, 0.6) is 0 Å². The molecule has 2 nitrogen and oxygen atoms in total. The topological polar surface area (TPSA) is 32.6 Å². The second kappa shape index (κ2) is 6.03. The van der Waals surface area contributed by atoms with Gasteiger partial charge in [-0.3, -0.25) is 4.99 Å². The van der Waals surface area contributed by atoms with Crippen LogP contribution in [0.15, 0.2) is 77.9 Å². The van der Waals surface area contributed by atoms with Crippen molar-refractivity contribution < 1.29 is 5.11 Å². The first-order valence-corrected chi connectivity index (χ1v) is 8.72. The highest BCUT2D eigenvalue weighted by Crippen LogP contribution is 2.43. The standard InChI is InChI=1S/C22H23NO/c1-22(24,18-10-4-5-11-18)15-17-14-21(16-8-2-3-9-16)23-20-13-7-6-12-19(17)20/h2-13,16-18,24H,14-15H2,1H3. The lowest BCUT2D eigenvalue weighted by Crippen LogP contribution is -2.35. The normalized spacial score (nSPS) is 25.1. The van der Waals surface area contributed by atoms with E-state index in [9.17, 15) is 5.11 Å². The maximum Gasteiger partial charge on any atom is 0.0722 e. The van der Waals surface area contributed by atoms with Crippen LogP contribution in [0.3, 0.4) is 0 Å². The molecule has 0 aromatic heterocycles. The highest BCUT2D eigenvalue weighted by molar-refractivity contribution is 5.95. The minimum absolute atomic E-state index is 0.0956. The lowest BCUT2D eigenvalue weighted by atomic mass is 9.75. The molecule has 122 valence electrons. The van der Waals surface area contributed by atoms with Gasteiger partial charge in [-0.1, -0.05) is 66.8 Å². The summed E-state index contributed by atoms with van der Waals surface area (Å²) < 4.78 is 0. The Morgan fingerprint density at radius 1 is 1.04 bits per heavy atom. The summed E-state index contributed by atoms with van der Waals surface area (Å²) in [5.74, 6) is 0.698. The molecule has 2 heteroatoms. The zero-order chi connectivity index (χ0) is 16.6. The molecule has 2 aliphatic carbocycles. The van der Waals surface area contributed by atoms with Gasteiger partial charge in [-0.25, -0.2) is 0 Å². The van der Waals surface area contributed by atoms with Gasteiger partial charge in [-0.15, -0.1) is 0 Å². The van der Waals surface area contributed by atoms with Gasteiger partial charge in [-0.05, 0) is 37.3 Å². The Balaban J connectivity index is 1.64. The van der Waals surface area contributed by atoms with Crippen LogP contribution in [0.4, 0.5) is 5.69 Å². The summed E-state index contributed by atoms with van der Waals surface area (Å²) in [5.41, 5.74) is 2.78. The number of hydrogen-bond acceptors (Lipinski definition) is 2. The minimum Gasteiger partial charge on any atom is -0.389 e. The van der Waals surface area contributed by atoms with E-state index in [1.165, 1.54) is 11.3 Å². The summed E-state index contributed by atoms with van der Waals surface area (Å²) in [6, 6.07) is 8.38. The maximum absolute atomic E-state index is 11.1. The zero-order valence-corrected chi connectivity index (χ0v) is 14.0. The molecule has 1 N–H and O–H groups in total. The van der Waals surface area contributed by atoms with E-state index in [-0.39, 0.29) is 5.92 Å². The highest BCUT2D eigenvalue weighted by atomic mass is 16.3. The second-order valence-electron chi connectivity index (χ2n) is 7.22. The molecule has 0 fully saturated rings. The van der Waals surface area contributed by atoms with Crippen molar-refractivity contribution in [2.24, 2.45) is 16.8 Å². The average molecular weight is 317 g/mol. The maximum atomic E-state index is 11.1. The third kappa shape index (κ3) is 2.83. The summed E-state index contributed by atoms with van der Waals surface area (Å²) in [5, 5.41) is 11.1. The average Bonchev–Trinajstić information content (AvgIpc) is 3.28. The van der Waals surface area contributed by atoms with E-state index < -0.39 is 5.60 Å². The van der Waals surface area contributed by atoms with Gasteiger partial charge in [0.05, 0.1) is 11.3 Å². The number of aliphatic hydroxyl groups is 1. The Bertz CT molecular complexity index is 755. The van der Waals surface area contributed by atoms with E-state index in [0.29, 0.717) is 11.8 Å². The molecule has 24 heavy (non-hydrogen) atoms. The summed E-state index contributed by atoms with van der Waals surface area (Å²) in [6.45, 7) is 1.96. The van der Waals surface area contributed by atoms with Crippen LogP contribution in [0.2, 0.25) is 0 Å². The van der Waals surface area contributed by atoms with Gasteiger partial charge < -0.3 is 5.11 Å². The third-order valence-electron chi connectivity index (χ3n) is 5.35. The van der Waals surface area contributed by atoms with Gasteiger partial charge in [0.2, 0.25) is 0 Å². The van der Waals surface area contributed by atoms with Crippen LogP contribution < -0.4 is 0 Å². The van der Waals surface area contributed by atoms with Crippen LogP contribution in [0.1, 0.15) is 31.2 Å². The van der Waals surface area contributed by atoms with E-state index >= 15 is 0 Å². The molecule has 0 bridgehead atoms. The smallest absolute Gasteiger partial charge is 0.0722 e. The predicted molar refractivity (Wildman–Crippen MR) is 99.7 cm³/mol. The SMILES string of the molecule is CC(O)(CC1CC(C2C=CC=C2)=Nc2ccccc21)C1C=CC=C1. The van der Waals surface area contributed by atoms with Crippen LogP contribution in [-0.4, -0.2) is 16.4 Å². The first-order chi connectivity index (χ1) is 11.6. The number of nitrogens with zero attached hydrogens (tertiary/aromatic N) is 1. The summed E-state index contributed by atoms with van der Waals surface area (Å²) in [4.78, 5) is 4.91. The number of para-hydroxylation sites is 1. The molecule has 0 amide bonds. The first kappa shape index (κ1) is 15.3. The number of benzene rings is 1. The molecule has 3 aliphatic rings. The minimum atomic E-state index is -0.745. The molecule has 0 radical (unpaired) electrons. The van der Waals surface area contributed by atoms with Crippen molar-refractivity contribution in [3.63, 3.8) is 0 Å². The number of aliphatic imine (C=N–C) groups is 1. The third-order valence-corrected chi connectivity index (χ3v) is 5.35. The van der Waals surface area contributed by atoms with Crippen LogP contribution >= 0.6 is 0 Å². The fourth-order valence-corrected chi connectivity index (χ4v) is 4.03. The Hall–Kier alpha value is -2.19. The van der Waals surface area contributed by atoms with Crippen LogP contribution in [-0.2, 0) is 0 Å². The molecule has 0 saturated heterocycles. The molecule has 1 aliphatic heterocycles. The fraction of sp³-hybridized carbons (Fsp3) is 0.318. The zero-order valence-electron chi connectivity index (χ0n) is 14.0. The Labute approximate surface area is 143 Å². The molecule has 2 atom stereocenters. The molecule has 4 rings (SSSR count). The molecule has 2 unspecified atom stereocenters. The number of rotatable bonds is 4. The van der Waals surface area contributed by atoms with E-state index in [1.807, 2.05) is 25.1 Å². The van der Waals surface area contributed by atoms with E-state index in [4.69, 9.17) is 4.99 Å². The predicted octanol–water partition coefficient (Wildman–Crippen LogP) is 4.87. The van der Waals surface area contributed by atoms with E-state index in [2.05, 4.69) is 54.7 Å². The van der Waals surface area contributed by atoms with Crippen LogP contribution in [0.25, 0.3) is 0 Å².